The molecule has 0 spiro atoms. The smallest absolute Gasteiger partial charge is 0.0151 e. The van der Waals surface area contributed by atoms with Gasteiger partial charge in [-0.15, -0.1) is 0 Å². The predicted molar refractivity (Wildman–Crippen MR) is 77.3 cm³/mol. The van der Waals surface area contributed by atoms with Crippen molar-refractivity contribution in [1.29, 1.82) is 0 Å². The molecule has 0 unspecified atom stereocenters. The first kappa shape index (κ1) is 13.5. The molecule has 0 fully saturated rings. The molecule has 0 aromatic heterocycles. The van der Waals surface area contributed by atoms with E-state index in [1.165, 1.54) is 16.7 Å². The Morgan fingerprint density at radius 2 is 1.82 bits per heavy atom. The van der Waals surface area contributed by atoms with Gasteiger partial charge in [0.2, 0.25) is 0 Å². The molecule has 1 rings (SSSR count). The first-order chi connectivity index (χ1) is 7.91. The molecule has 0 aliphatic heterocycles. The summed E-state index contributed by atoms with van der Waals surface area (Å²) < 4.78 is 0. The van der Waals surface area contributed by atoms with E-state index in [9.17, 15) is 0 Å². The monoisotopic (exact) mass is 226 g/mol. The van der Waals surface area contributed by atoms with Crippen LogP contribution in [0.25, 0.3) is 0 Å². The minimum absolute atomic E-state index is 0.0363. The van der Waals surface area contributed by atoms with Crippen molar-refractivity contribution < 1.29 is 0 Å². The third kappa shape index (κ3) is 2.76. The van der Waals surface area contributed by atoms with E-state index in [-0.39, 0.29) is 5.41 Å². The molecular weight excluding hydrogens is 204 g/mol. The molecule has 0 N–H and O–H groups in total. The van der Waals surface area contributed by atoms with Crippen LogP contribution in [0.1, 0.15) is 31.9 Å². The van der Waals surface area contributed by atoms with Crippen molar-refractivity contribution in [3.05, 3.63) is 71.8 Å². The molecule has 0 heteroatoms. The Labute approximate surface area is 105 Å². The first-order valence-corrected chi connectivity index (χ1v) is 5.96. The molecule has 0 heterocycles. The Balaban J connectivity index is 3.36. The third-order valence-electron chi connectivity index (χ3n) is 3.24. The number of rotatable bonds is 4. The lowest BCUT2D eigenvalue weighted by Gasteiger charge is -2.30. The number of allylic oxidation sites excluding steroid dienone is 4. The Kier molecular flexibility index (Phi) is 4.11. The molecule has 0 saturated heterocycles. The van der Waals surface area contributed by atoms with Crippen LogP contribution in [0.2, 0.25) is 0 Å². The SMILES string of the molecule is C=C/C=C(\C(=C)C)C(C)(C)c1ccccc1C. The zero-order valence-electron chi connectivity index (χ0n) is 11.4. The molecule has 17 heavy (non-hydrogen) atoms. The quantitative estimate of drug-likeness (QED) is 0.636. The Morgan fingerprint density at radius 3 is 2.29 bits per heavy atom. The molecule has 0 bridgehead atoms. The van der Waals surface area contributed by atoms with Gasteiger partial charge in [0, 0.05) is 5.41 Å². The fourth-order valence-corrected chi connectivity index (χ4v) is 2.42. The largest absolute Gasteiger partial charge is 0.0991 e. The summed E-state index contributed by atoms with van der Waals surface area (Å²) in [7, 11) is 0. The van der Waals surface area contributed by atoms with Crippen LogP contribution in [0.3, 0.4) is 0 Å². The van der Waals surface area contributed by atoms with Gasteiger partial charge in [-0.2, -0.15) is 0 Å². The number of benzene rings is 1. The van der Waals surface area contributed by atoms with Gasteiger partial charge in [0.1, 0.15) is 0 Å². The first-order valence-electron chi connectivity index (χ1n) is 5.96. The minimum Gasteiger partial charge on any atom is -0.0991 e. The molecule has 0 atom stereocenters. The van der Waals surface area contributed by atoms with Crippen LogP contribution in [0, 0.1) is 6.92 Å². The highest BCUT2D eigenvalue weighted by Crippen LogP contribution is 2.36. The van der Waals surface area contributed by atoms with E-state index in [2.05, 4.69) is 71.2 Å². The molecule has 0 radical (unpaired) electrons. The van der Waals surface area contributed by atoms with E-state index < -0.39 is 0 Å². The number of hydrogen-bond donors (Lipinski definition) is 0. The van der Waals surface area contributed by atoms with Crippen LogP contribution in [-0.4, -0.2) is 0 Å². The average molecular weight is 226 g/mol. The summed E-state index contributed by atoms with van der Waals surface area (Å²) in [5.41, 5.74) is 4.95. The molecule has 0 amide bonds. The van der Waals surface area contributed by atoms with Crippen molar-refractivity contribution >= 4 is 0 Å². The van der Waals surface area contributed by atoms with E-state index in [1.54, 1.807) is 0 Å². The summed E-state index contributed by atoms with van der Waals surface area (Å²) >= 11 is 0. The van der Waals surface area contributed by atoms with Gasteiger partial charge in [-0.3, -0.25) is 0 Å². The lowest BCUT2D eigenvalue weighted by molar-refractivity contribution is 0.626. The van der Waals surface area contributed by atoms with E-state index in [4.69, 9.17) is 0 Å². The lowest BCUT2D eigenvalue weighted by Crippen LogP contribution is -2.22. The van der Waals surface area contributed by atoms with Gasteiger partial charge >= 0.3 is 0 Å². The molecule has 90 valence electrons. The summed E-state index contributed by atoms with van der Waals surface area (Å²) in [6, 6.07) is 8.51. The highest BCUT2D eigenvalue weighted by Gasteiger charge is 2.26. The maximum absolute atomic E-state index is 4.08. The minimum atomic E-state index is -0.0363. The van der Waals surface area contributed by atoms with Gasteiger partial charge in [-0.05, 0) is 30.5 Å². The molecule has 1 aromatic carbocycles. The second kappa shape index (κ2) is 5.18. The van der Waals surface area contributed by atoms with Crippen molar-refractivity contribution in [1.82, 2.24) is 0 Å². The second-order valence-electron chi connectivity index (χ2n) is 5.04. The molecule has 0 nitrogen and oxygen atoms in total. The van der Waals surface area contributed by atoms with E-state index in [0.717, 1.165) is 5.57 Å². The maximum atomic E-state index is 4.08. The van der Waals surface area contributed by atoms with Gasteiger partial charge in [0.05, 0.1) is 0 Å². The van der Waals surface area contributed by atoms with Crippen LogP contribution in [0.4, 0.5) is 0 Å². The zero-order chi connectivity index (χ0) is 13.1. The highest BCUT2D eigenvalue weighted by atomic mass is 14.3. The van der Waals surface area contributed by atoms with Gasteiger partial charge in [-0.1, -0.05) is 69.0 Å². The molecule has 0 saturated carbocycles. The van der Waals surface area contributed by atoms with Gasteiger partial charge in [-0.25, -0.2) is 0 Å². The van der Waals surface area contributed by atoms with Crippen molar-refractivity contribution in [3.63, 3.8) is 0 Å². The molecule has 1 aromatic rings. The van der Waals surface area contributed by atoms with Crippen LogP contribution in [0.5, 0.6) is 0 Å². The van der Waals surface area contributed by atoms with Gasteiger partial charge in [0.15, 0.2) is 0 Å². The summed E-state index contributed by atoms with van der Waals surface area (Å²) in [5.74, 6) is 0. The summed E-state index contributed by atoms with van der Waals surface area (Å²) in [6.45, 7) is 16.6. The van der Waals surface area contributed by atoms with Crippen molar-refractivity contribution in [2.45, 2.75) is 33.1 Å². The third-order valence-corrected chi connectivity index (χ3v) is 3.24. The maximum Gasteiger partial charge on any atom is 0.0151 e. The second-order valence-corrected chi connectivity index (χ2v) is 5.04. The predicted octanol–water partition coefficient (Wildman–Crippen LogP) is 4.96. The standard InChI is InChI=1S/C17H22/c1-7-10-15(13(2)3)17(5,6)16-12-9-8-11-14(16)4/h7-12H,1-2H2,3-6H3/b15-10+. The molecular formula is C17H22. The highest BCUT2D eigenvalue weighted by molar-refractivity contribution is 5.47. The molecule has 0 aliphatic carbocycles. The summed E-state index contributed by atoms with van der Waals surface area (Å²) in [4.78, 5) is 0. The topological polar surface area (TPSA) is 0 Å². The molecule has 0 aliphatic rings. The van der Waals surface area contributed by atoms with Crippen LogP contribution in [-0.2, 0) is 5.41 Å². The fraction of sp³-hybridized carbons (Fsp3) is 0.294. The van der Waals surface area contributed by atoms with Gasteiger partial charge < -0.3 is 0 Å². The Hall–Kier alpha value is -1.56. The Bertz CT molecular complexity index is 459. The Morgan fingerprint density at radius 1 is 1.24 bits per heavy atom. The van der Waals surface area contributed by atoms with E-state index >= 15 is 0 Å². The van der Waals surface area contributed by atoms with Crippen LogP contribution >= 0.6 is 0 Å². The van der Waals surface area contributed by atoms with Crippen molar-refractivity contribution in [2.75, 3.05) is 0 Å². The van der Waals surface area contributed by atoms with Crippen LogP contribution in [0.15, 0.2) is 60.7 Å². The summed E-state index contributed by atoms with van der Waals surface area (Å²) in [6.07, 6.45) is 3.90. The van der Waals surface area contributed by atoms with E-state index in [1.807, 2.05) is 6.08 Å². The normalized spacial score (nSPS) is 12.4. The fourth-order valence-electron chi connectivity index (χ4n) is 2.42. The zero-order valence-corrected chi connectivity index (χ0v) is 11.4. The average Bonchev–Trinajstić information content (AvgIpc) is 2.25. The number of hydrogen-bond acceptors (Lipinski definition) is 0. The lowest BCUT2D eigenvalue weighted by atomic mass is 9.73. The number of aryl methyl sites for hydroxylation is 1. The van der Waals surface area contributed by atoms with Gasteiger partial charge in [0.25, 0.3) is 0 Å². The van der Waals surface area contributed by atoms with E-state index in [0.29, 0.717) is 0 Å². The summed E-state index contributed by atoms with van der Waals surface area (Å²) in [5, 5.41) is 0. The van der Waals surface area contributed by atoms with Crippen molar-refractivity contribution in [3.8, 4) is 0 Å². The van der Waals surface area contributed by atoms with Crippen LogP contribution < -0.4 is 0 Å². The van der Waals surface area contributed by atoms with Crippen molar-refractivity contribution in [2.24, 2.45) is 0 Å².